The van der Waals surface area contributed by atoms with Crippen LogP contribution in [0, 0.1) is 11.3 Å². The zero-order valence-corrected chi connectivity index (χ0v) is 36.4. The van der Waals surface area contributed by atoms with Crippen molar-refractivity contribution in [1.82, 2.24) is 30.2 Å². The van der Waals surface area contributed by atoms with E-state index in [0.29, 0.717) is 64.5 Å². The van der Waals surface area contributed by atoms with E-state index >= 15 is 0 Å². The van der Waals surface area contributed by atoms with Crippen molar-refractivity contribution in [1.29, 1.82) is 0 Å². The van der Waals surface area contributed by atoms with Gasteiger partial charge in [0, 0.05) is 22.8 Å². The number of methoxy groups -OCH3 is 1. The molecule has 6 rings (SSSR count). The van der Waals surface area contributed by atoms with Crippen LogP contribution in [-0.2, 0) is 19.1 Å². The van der Waals surface area contributed by atoms with Crippen molar-refractivity contribution >= 4 is 46.8 Å². The molecule has 2 aliphatic heterocycles. The van der Waals surface area contributed by atoms with Gasteiger partial charge in [0.25, 0.3) is 5.91 Å². The molecule has 4 amide bonds. The summed E-state index contributed by atoms with van der Waals surface area (Å²) in [5, 5.41) is 5.69. The fraction of sp³-hybridized carbons (Fsp3) is 0.535. The number of carbonyl (C=O) groups is 4. The maximum absolute atomic E-state index is 13.1. The summed E-state index contributed by atoms with van der Waals surface area (Å²) in [4.78, 5) is 62.3. The number of hydrogen-bond acceptors (Lipinski definition) is 12. The molecule has 3 N–H and O–H groups in total. The van der Waals surface area contributed by atoms with Crippen LogP contribution < -0.4 is 34.3 Å². The van der Waals surface area contributed by atoms with E-state index in [2.05, 4.69) is 47.7 Å². The second-order valence-electron chi connectivity index (χ2n) is 15.5. The molecule has 3 heterocycles. The van der Waals surface area contributed by atoms with Crippen LogP contribution in [0.5, 0.6) is 23.1 Å². The molecule has 1 aliphatic carbocycles. The summed E-state index contributed by atoms with van der Waals surface area (Å²) in [5.41, 5.74) is 1.83. The number of likely N-dealkylation sites (tertiary alicyclic amines) is 1. The molecular weight excluding hydrogens is 777 g/mol. The Morgan fingerprint density at radius 2 is 1.80 bits per heavy atom. The molecule has 15 nitrogen and oxygen atoms in total. The summed E-state index contributed by atoms with van der Waals surface area (Å²) < 4.78 is 31.0. The predicted molar refractivity (Wildman–Crippen MR) is 228 cm³/mol. The molecule has 0 radical (unpaired) electrons. The van der Waals surface area contributed by atoms with Gasteiger partial charge in [-0.1, -0.05) is 66.7 Å². The number of alkyl carbamates (subject to hydrolysis) is 1. The minimum Gasteiger partial charge on any atom is -0.493 e. The Labute approximate surface area is 351 Å². The van der Waals surface area contributed by atoms with Gasteiger partial charge < -0.3 is 39.2 Å². The summed E-state index contributed by atoms with van der Waals surface area (Å²) in [6.07, 6.45) is 4.25. The number of nitrogens with zero attached hydrogens (tertiary/aromatic N) is 3. The van der Waals surface area contributed by atoms with E-state index in [1.165, 1.54) is 24.0 Å². The third kappa shape index (κ3) is 13.7. The van der Waals surface area contributed by atoms with E-state index in [4.69, 9.17) is 28.7 Å². The average Bonchev–Trinajstić information content (AvgIpc) is 3.69. The van der Waals surface area contributed by atoms with Crippen LogP contribution in [0.1, 0.15) is 80.6 Å². The topological polar surface area (TPSA) is 180 Å². The molecule has 1 saturated carbocycles. The molecule has 2 fully saturated rings. The molecular formula is C43H60N6O9S. The Balaban J connectivity index is 0.00000121. The van der Waals surface area contributed by atoms with Crippen LogP contribution in [0.3, 0.4) is 0 Å². The smallest absolute Gasteiger partial charge is 0.407 e. The van der Waals surface area contributed by atoms with E-state index in [1.807, 2.05) is 58.0 Å². The maximum Gasteiger partial charge on any atom is 0.407 e. The van der Waals surface area contributed by atoms with E-state index < -0.39 is 35.4 Å². The zero-order valence-electron chi connectivity index (χ0n) is 35.6. The molecule has 0 bridgehead atoms. The molecule has 59 heavy (non-hydrogen) atoms. The van der Waals surface area contributed by atoms with Crippen LogP contribution in [0.15, 0.2) is 49.1 Å². The molecule has 16 heteroatoms. The zero-order chi connectivity index (χ0) is 43.1. The number of hydrogen-bond donors (Lipinski definition) is 3. The Kier molecular flexibility index (Phi) is 17.5. The monoisotopic (exact) mass is 836 g/mol. The van der Waals surface area contributed by atoms with Gasteiger partial charge in [0.1, 0.15) is 42.2 Å². The Morgan fingerprint density at radius 3 is 2.49 bits per heavy atom. The highest BCUT2D eigenvalue weighted by atomic mass is 32.2. The number of ether oxygens (including phenoxy) is 5. The number of aromatic nitrogens is 2. The van der Waals surface area contributed by atoms with Crippen molar-refractivity contribution in [2.75, 3.05) is 40.2 Å². The first-order valence-corrected chi connectivity index (χ1v) is 21.1. The third-order valence-corrected chi connectivity index (χ3v) is 9.93. The second-order valence-corrected chi connectivity index (χ2v) is 16.6. The van der Waals surface area contributed by atoms with Gasteiger partial charge in [0.2, 0.25) is 24.5 Å². The fourth-order valence-electron chi connectivity index (χ4n) is 5.82. The predicted octanol–water partition coefficient (Wildman–Crippen LogP) is 6.83. The lowest BCUT2D eigenvalue weighted by Crippen LogP contribution is -2.53. The summed E-state index contributed by atoms with van der Waals surface area (Å²) in [6.45, 7) is 18.3. The number of fused-ring (bicyclic) bond motifs is 3. The van der Waals surface area contributed by atoms with Crippen LogP contribution in [0.2, 0.25) is 0 Å². The third-order valence-electron chi connectivity index (χ3n) is 8.81. The molecule has 0 spiro atoms. The SMILES string of the molecule is C=CCC(NC(=O)C1CCCN1C(=O)CNC(=O)OCC(C)(C)COc1cccc(-c2nc3ccc4c(c3nc2OC)OCO4)c1)C(=O)NSC1CC1.CC.CC(C)C. The molecule has 1 saturated heterocycles. The minimum absolute atomic E-state index is 0.00727. The van der Waals surface area contributed by atoms with Gasteiger partial charge in [-0.2, -0.15) is 0 Å². The second kappa shape index (κ2) is 22.2. The lowest BCUT2D eigenvalue weighted by Gasteiger charge is -2.26. The normalized spacial score (nSPS) is 15.8. The van der Waals surface area contributed by atoms with Gasteiger partial charge in [-0.3, -0.25) is 19.1 Å². The quantitative estimate of drug-likeness (QED) is 0.101. The minimum atomic E-state index is -0.789. The van der Waals surface area contributed by atoms with Crippen molar-refractivity contribution in [2.45, 2.75) is 97.9 Å². The first kappa shape index (κ1) is 46.4. The van der Waals surface area contributed by atoms with Crippen molar-refractivity contribution in [3.8, 4) is 34.4 Å². The van der Waals surface area contributed by atoms with Gasteiger partial charge in [0.15, 0.2) is 11.5 Å². The van der Waals surface area contributed by atoms with E-state index in [-0.39, 0.29) is 38.9 Å². The van der Waals surface area contributed by atoms with Crippen molar-refractivity contribution in [2.24, 2.45) is 11.3 Å². The molecule has 3 aliphatic rings. The first-order valence-electron chi connectivity index (χ1n) is 20.2. The molecule has 322 valence electrons. The summed E-state index contributed by atoms with van der Waals surface area (Å²) in [7, 11) is 1.52. The molecule has 2 aromatic carbocycles. The molecule has 2 atom stereocenters. The molecule has 1 aromatic heterocycles. The van der Waals surface area contributed by atoms with Crippen molar-refractivity contribution in [3.63, 3.8) is 0 Å². The van der Waals surface area contributed by atoms with Crippen LogP contribution in [-0.4, -0.2) is 96.2 Å². The van der Waals surface area contributed by atoms with Crippen LogP contribution >= 0.6 is 11.9 Å². The summed E-state index contributed by atoms with van der Waals surface area (Å²) >= 11 is 1.37. The van der Waals surface area contributed by atoms with Gasteiger partial charge in [-0.25, -0.2) is 14.8 Å². The highest BCUT2D eigenvalue weighted by Gasteiger charge is 2.36. The van der Waals surface area contributed by atoms with Crippen molar-refractivity contribution < 1.29 is 42.9 Å². The van der Waals surface area contributed by atoms with Gasteiger partial charge >= 0.3 is 6.09 Å². The Bertz CT molecular complexity index is 1920. The van der Waals surface area contributed by atoms with Gasteiger partial charge in [-0.05, 0) is 74.2 Å². The summed E-state index contributed by atoms with van der Waals surface area (Å²) in [5.74, 6) is 1.71. The Morgan fingerprint density at radius 1 is 1.05 bits per heavy atom. The number of rotatable bonds is 16. The van der Waals surface area contributed by atoms with Crippen molar-refractivity contribution in [3.05, 3.63) is 49.1 Å². The highest BCUT2D eigenvalue weighted by molar-refractivity contribution is 7.98. The number of carbonyl (C=O) groups excluding carboxylic acids is 4. The maximum atomic E-state index is 13.1. The molecule has 2 unspecified atom stereocenters. The number of nitrogens with one attached hydrogen (secondary N) is 3. The molecule has 3 aromatic rings. The lowest BCUT2D eigenvalue weighted by molar-refractivity contribution is -0.138. The Hall–Kier alpha value is -5.25. The van der Waals surface area contributed by atoms with Gasteiger partial charge in [-0.15, -0.1) is 6.58 Å². The van der Waals surface area contributed by atoms with Crippen LogP contribution in [0.25, 0.3) is 22.3 Å². The van der Waals surface area contributed by atoms with Gasteiger partial charge in [0.05, 0.1) is 19.2 Å². The van der Waals surface area contributed by atoms with Crippen LogP contribution in [0.4, 0.5) is 4.79 Å². The van der Waals surface area contributed by atoms with E-state index in [1.54, 1.807) is 12.1 Å². The number of amides is 4. The summed E-state index contributed by atoms with van der Waals surface area (Å²) in [6, 6.07) is 9.43. The van der Waals surface area contributed by atoms with E-state index in [9.17, 15) is 19.2 Å². The number of benzene rings is 2. The highest BCUT2D eigenvalue weighted by Crippen LogP contribution is 2.40. The fourth-order valence-corrected chi connectivity index (χ4v) is 6.61. The largest absolute Gasteiger partial charge is 0.493 e. The van der Waals surface area contributed by atoms with E-state index in [0.717, 1.165) is 24.3 Å². The average molecular weight is 837 g/mol. The first-order chi connectivity index (χ1) is 28.3. The lowest BCUT2D eigenvalue weighted by atomic mass is 9.96. The standard InChI is InChI=1S/C37H44N6O9S.C4H10.C2H6/c1-5-8-26(33(45)42-53-24-12-13-24)40-34(46)27-11-7-16-43(27)29(44)18-38-36(47)50-20-37(2,3)19-49-23-10-6-9-22(17-23)30-35(48-4)41-31-25(39-30)14-15-28-32(31)52-21-51-28;1-4(2)3;1-2/h5-6,9-10,14-15,17,24,26-27H,1,7-8,11-13,16,18-21H2,2-4H3,(H,38,47)(H,40,46)(H,42,45);4H,1-3H3;1-2H3.